The summed E-state index contributed by atoms with van der Waals surface area (Å²) in [4.78, 5) is 4.11. The molecule has 0 amide bonds. The fraction of sp³-hybridized carbons (Fsp3) is 1.00. The smallest absolute Gasteiger partial charge is 0.418 e. The van der Waals surface area contributed by atoms with Gasteiger partial charge in [-0.1, -0.05) is 51.9 Å². The highest BCUT2D eigenvalue weighted by atomic mass is 19.5. The van der Waals surface area contributed by atoms with Gasteiger partial charge in [0.25, 0.3) is 0 Å². The second kappa shape index (κ2) is 16.6. The average molecular weight is 405 g/mol. The highest BCUT2D eigenvalue weighted by Gasteiger charge is 2.20. The third-order valence-corrected chi connectivity index (χ3v) is 3.91. The van der Waals surface area contributed by atoms with Gasteiger partial charge in [-0.05, 0) is 19.8 Å². The van der Waals surface area contributed by atoms with Crippen LogP contribution in [-0.4, -0.2) is 63.5 Å². The van der Waals surface area contributed by atoms with Gasteiger partial charge in [-0.3, -0.25) is 5.26 Å². The number of hydrogen-bond donors (Lipinski definition) is 1. The Bertz CT molecular complexity index is 319. The van der Waals surface area contributed by atoms with Crippen LogP contribution in [0, 0.1) is 0 Å². The van der Waals surface area contributed by atoms with Gasteiger partial charge in [0.2, 0.25) is 0 Å². The van der Waals surface area contributed by atoms with Gasteiger partial charge in [-0.15, -0.1) is 0 Å². The van der Waals surface area contributed by atoms with Gasteiger partial charge < -0.3 is 26.5 Å². The molecule has 0 spiro atoms. The zero-order valence-corrected chi connectivity index (χ0v) is 17.7. The molecule has 2 atom stereocenters. The second-order valence-electron chi connectivity index (χ2n) is 8.08. The maximum atomic E-state index is 9.75. The Hall–Kier alpha value is -0.375. The van der Waals surface area contributed by atoms with Crippen LogP contribution in [0.5, 0.6) is 0 Å². The van der Waals surface area contributed by atoms with Gasteiger partial charge in [-0.25, -0.2) is 4.89 Å². The van der Waals surface area contributed by atoms with Crippen LogP contribution < -0.4 is 0 Å². The van der Waals surface area contributed by atoms with Crippen molar-refractivity contribution in [2.24, 2.45) is 0 Å². The predicted octanol–water partition coefficient (Wildman–Crippen LogP) is 5.79. The van der Waals surface area contributed by atoms with Crippen molar-refractivity contribution in [3.63, 3.8) is 0 Å². The summed E-state index contributed by atoms with van der Waals surface area (Å²) in [6, 6.07) is 0. The molecule has 1 saturated heterocycles. The van der Waals surface area contributed by atoms with Crippen molar-refractivity contribution in [3.8, 4) is 0 Å². The summed E-state index contributed by atoms with van der Waals surface area (Å²) >= 11 is 0. The lowest BCUT2D eigenvalue weighted by molar-refractivity contribution is -0.874. The molecule has 0 aromatic heterocycles. The molecule has 0 aromatic carbocycles. The van der Waals surface area contributed by atoms with Crippen LogP contribution in [0.25, 0.3) is 0 Å². The number of ether oxygens (including phenoxy) is 1. The van der Waals surface area contributed by atoms with Crippen LogP contribution in [-0.2, 0) is 9.62 Å². The van der Waals surface area contributed by atoms with E-state index >= 15 is 0 Å². The van der Waals surface area contributed by atoms with Gasteiger partial charge in [-0.2, -0.15) is 0 Å². The van der Waals surface area contributed by atoms with E-state index in [1.54, 1.807) is 0 Å². The molecule has 1 aliphatic rings. The standard InChI is InChI=1S/C12H24O.C6H15NO2.BF4/c1-2-3-4-5-6-7-8-9-12-10-11-13-12;1-6(9-8)5-7(2,3)4;2-1(3,4)5/h12H,2-11H2,1H3;6H,5H2,1-4H3;/q;;-1/p+1. The van der Waals surface area contributed by atoms with E-state index in [1.807, 2.05) is 6.92 Å². The SMILES string of the molecule is CC(C[N+](C)(C)C)OO.CCCCCCCCCC1CCO1.F[B-](F)(F)F. The third kappa shape index (κ3) is 30.6. The Kier molecular flexibility index (Phi) is 17.7. The van der Waals surface area contributed by atoms with E-state index in [-0.39, 0.29) is 6.10 Å². The second-order valence-corrected chi connectivity index (χ2v) is 8.08. The van der Waals surface area contributed by atoms with Gasteiger partial charge in [0.15, 0.2) is 0 Å². The number of rotatable bonds is 11. The fourth-order valence-electron chi connectivity index (χ4n) is 2.65. The van der Waals surface area contributed by atoms with E-state index in [1.165, 1.54) is 57.8 Å². The zero-order valence-electron chi connectivity index (χ0n) is 17.7. The number of nitrogens with zero attached hydrogens (tertiary/aromatic N) is 1. The summed E-state index contributed by atoms with van der Waals surface area (Å²) in [6.07, 6.45) is 13.1. The molecule has 1 rings (SSSR count). The van der Waals surface area contributed by atoms with E-state index in [9.17, 15) is 17.3 Å². The molecule has 0 radical (unpaired) electrons. The van der Waals surface area contributed by atoms with Crippen LogP contribution >= 0.6 is 0 Å². The van der Waals surface area contributed by atoms with E-state index in [0.29, 0.717) is 6.10 Å². The molecule has 9 heteroatoms. The van der Waals surface area contributed by atoms with Crippen molar-refractivity contribution in [2.75, 3.05) is 34.3 Å². The molecular weight excluding hydrogens is 365 g/mol. The van der Waals surface area contributed by atoms with Crippen LogP contribution in [0.2, 0.25) is 0 Å². The Morgan fingerprint density at radius 2 is 1.48 bits per heavy atom. The van der Waals surface area contributed by atoms with Crippen LogP contribution in [0.3, 0.4) is 0 Å². The van der Waals surface area contributed by atoms with Crippen LogP contribution in [0.1, 0.15) is 71.6 Å². The van der Waals surface area contributed by atoms with Crippen LogP contribution in [0.15, 0.2) is 0 Å². The normalized spacial score (nSPS) is 17.8. The minimum Gasteiger partial charge on any atom is -0.418 e. The summed E-state index contributed by atoms with van der Waals surface area (Å²) in [5, 5.41) is 8.19. The van der Waals surface area contributed by atoms with E-state index < -0.39 is 7.25 Å². The first-order valence-electron chi connectivity index (χ1n) is 9.98. The molecule has 0 aromatic rings. The molecule has 0 bridgehead atoms. The summed E-state index contributed by atoms with van der Waals surface area (Å²) in [7, 11) is 0.153. The summed E-state index contributed by atoms with van der Waals surface area (Å²) in [6.45, 7) is 5.94. The minimum atomic E-state index is -6.00. The van der Waals surface area contributed by atoms with Crippen molar-refractivity contribution in [1.29, 1.82) is 0 Å². The number of halogens is 4. The van der Waals surface area contributed by atoms with Gasteiger partial charge >= 0.3 is 7.25 Å². The number of unbranched alkanes of at least 4 members (excludes halogenated alkanes) is 6. The Morgan fingerprint density at radius 1 is 1.04 bits per heavy atom. The van der Waals surface area contributed by atoms with E-state index in [4.69, 9.17) is 9.99 Å². The van der Waals surface area contributed by atoms with Crippen LogP contribution in [0.4, 0.5) is 17.3 Å². The minimum absolute atomic E-state index is 0.0787. The van der Waals surface area contributed by atoms with Crippen molar-refractivity contribution in [3.05, 3.63) is 0 Å². The van der Waals surface area contributed by atoms with Crippen molar-refractivity contribution in [1.82, 2.24) is 0 Å². The lowest BCUT2D eigenvalue weighted by atomic mass is 10.0. The van der Waals surface area contributed by atoms with Crippen molar-refractivity contribution in [2.45, 2.75) is 83.8 Å². The van der Waals surface area contributed by atoms with Gasteiger partial charge in [0.1, 0.15) is 12.6 Å². The lowest BCUT2D eigenvalue weighted by Crippen LogP contribution is -2.41. The maximum Gasteiger partial charge on any atom is 0.673 e. The lowest BCUT2D eigenvalue weighted by Gasteiger charge is -2.26. The van der Waals surface area contributed by atoms with Crippen molar-refractivity contribution < 1.29 is 36.6 Å². The summed E-state index contributed by atoms with van der Waals surface area (Å²) in [5.74, 6) is 0. The first-order chi connectivity index (χ1) is 12.4. The largest absolute Gasteiger partial charge is 0.673 e. The Balaban J connectivity index is 0. The molecule has 0 saturated carbocycles. The molecule has 0 aliphatic carbocycles. The van der Waals surface area contributed by atoms with Gasteiger partial charge in [0, 0.05) is 6.61 Å². The summed E-state index contributed by atoms with van der Waals surface area (Å²) in [5.41, 5.74) is 0. The Morgan fingerprint density at radius 3 is 1.78 bits per heavy atom. The van der Waals surface area contributed by atoms with E-state index in [0.717, 1.165) is 17.6 Å². The molecule has 4 nitrogen and oxygen atoms in total. The quantitative estimate of drug-likeness (QED) is 0.118. The first kappa shape index (κ1) is 28.8. The molecule has 27 heavy (non-hydrogen) atoms. The van der Waals surface area contributed by atoms with E-state index in [2.05, 4.69) is 33.0 Å². The molecule has 166 valence electrons. The average Bonchev–Trinajstić information content (AvgIpc) is 2.45. The Labute approximate surface area is 162 Å². The maximum absolute atomic E-state index is 9.75. The molecule has 1 aliphatic heterocycles. The number of quaternary nitrogens is 1. The summed E-state index contributed by atoms with van der Waals surface area (Å²) < 4.78 is 45.2. The first-order valence-corrected chi connectivity index (χ1v) is 9.98. The number of likely N-dealkylation sites (N-methyl/N-ethyl adjacent to an activating group) is 1. The zero-order chi connectivity index (χ0) is 21.3. The molecular formula is C18H40BF4NO3. The highest BCUT2D eigenvalue weighted by Crippen LogP contribution is 2.18. The third-order valence-electron chi connectivity index (χ3n) is 3.91. The highest BCUT2D eigenvalue weighted by molar-refractivity contribution is 6.50. The molecule has 2 unspecified atom stereocenters. The van der Waals surface area contributed by atoms with Gasteiger partial charge in [0.05, 0.1) is 27.2 Å². The number of hydrogen-bond acceptors (Lipinski definition) is 3. The predicted molar refractivity (Wildman–Crippen MR) is 103 cm³/mol. The fourth-order valence-corrected chi connectivity index (χ4v) is 2.65. The molecule has 1 heterocycles. The topological polar surface area (TPSA) is 38.7 Å². The van der Waals surface area contributed by atoms with Crippen molar-refractivity contribution >= 4 is 7.25 Å². The molecule has 1 N–H and O–H groups in total. The molecule has 1 fully saturated rings. The monoisotopic (exact) mass is 405 g/mol.